The fourth-order valence-electron chi connectivity index (χ4n) is 8.95. The van der Waals surface area contributed by atoms with E-state index < -0.39 is 0 Å². The van der Waals surface area contributed by atoms with Gasteiger partial charge in [-0.25, -0.2) is 15.0 Å². The molecule has 9 aromatic carbocycles. The zero-order chi connectivity index (χ0) is 41.0. The molecular weight excluding hydrogens is 757 g/mol. The Hall–Kier alpha value is -8.41. The zero-order valence-corrected chi connectivity index (χ0v) is 33.5. The molecule has 3 aromatic heterocycles. The van der Waals surface area contributed by atoms with E-state index in [1.54, 1.807) is 0 Å². The minimum atomic E-state index is 0.600. The van der Waals surface area contributed by atoms with Gasteiger partial charge in [0, 0.05) is 49.5 Å². The average Bonchev–Trinajstić information content (AvgIpc) is 3.90. The van der Waals surface area contributed by atoms with Crippen molar-refractivity contribution < 1.29 is 4.42 Å². The monoisotopic (exact) mass is 792 g/mol. The number of aromatic nitrogens is 4. The van der Waals surface area contributed by atoms with E-state index in [2.05, 4.69) is 199 Å². The van der Waals surface area contributed by atoms with Gasteiger partial charge in [-0.2, -0.15) is 0 Å². The highest BCUT2D eigenvalue weighted by atomic mass is 16.3. The molecule has 12 rings (SSSR count). The van der Waals surface area contributed by atoms with E-state index in [1.807, 2.05) is 24.3 Å². The van der Waals surface area contributed by atoms with Crippen LogP contribution in [0.5, 0.6) is 0 Å². The molecule has 62 heavy (non-hydrogen) atoms. The highest BCUT2D eigenvalue weighted by molar-refractivity contribution is 6.17. The maximum Gasteiger partial charge on any atom is 0.164 e. The van der Waals surface area contributed by atoms with Crippen molar-refractivity contribution in [2.75, 3.05) is 0 Å². The molecular formula is C57H36N4O. The van der Waals surface area contributed by atoms with E-state index in [-0.39, 0.29) is 0 Å². The van der Waals surface area contributed by atoms with Crippen molar-refractivity contribution in [3.8, 4) is 73.2 Å². The third-order valence-corrected chi connectivity index (χ3v) is 11.9. The fraction of sp³-hybridized carbons (Fsp3) is 0. The standard InChI is InChI=1S/C57H36N4O/c1-4-16-37(17-5-1)39-20-12-22-42(34-39)55-58-56(43-23-13-21-40(35-43)38-18-6-2-7-19-38)60-57(59-55)48-29-15-30-51-53(48)49-36-41(32-33-50(49)61(51)44-24-8-3-9-25-44)45-27-14-28-47-46-26-10-11-31-52(46)62-54(45)47/h1-36H. The second-order valence-electron chi connectivity index (χ2n) is 15.6. The molecule has 0 bridgehead atoms. The lowest BCUT2D eigenvalue weighted by Gasteiger charge is -2.12. The van der Waals surface area contributed by atoms with E-state index in [0.717, 1.165) is 99.5 Å². The molecule has 0 saturated carbocycles. The van der Waals surface area contributed by atoms with Gasteiger partial charge < -0.3 is 8.98 Å². The van der Waals surface area contributed by atoms with Gasteiger partial charge in [0.1, 0.15) is 11.2 Å². The third-order valence-electron chi connectivity index (χ3n) is 11.9. The summed E-state index contributed by atoms with van der Waals surface area (Å²) < 4.78 is 8.90. The average molecular weight is 793 g/mol. The van der Waals surface area contributed by atoms with Crippen LogP contribution in [0.25, 0.3) is 117 Å². The summed E-state index contributed by atoms with van der Waals surface area (Å²) in [7, 11) is 0. The first-order valence-corrected chi connectivity index (χ1v) is 20.8. The third kappa shape index (κ3) is 6.06. The number of furan rings is 1. The second kappa shape index (κ2) is 14.7. The largest absolute Gasteiger partial charge is 0.455 e. The Balaban J connectivity index is 1.12. The van der Waals surface area contributed by atoms with Crippen LogP contribution < -0.4 is 0 Å². The summed E-state index contributed by atoms with van der Waals surface area (Å²) in [6.45, 7) is 0. The smallest absolute Gasteiger partial charge is 0.164 e. The van der Waals surface area contributed by atoms with Gasteiger partial charge >= 0.3 is 0 Å². The number of rotatable bonds is 7. The minimum absolute atomic E-state index is 0.600. The molecule has 5 heteroatoms. The van der Waals surface area contributed by atoms with Crippen LogP contribution in [-0.4, -0.2) is 19.5 Å². The SMILES string of the molecule is c1ccc(-c2cccc(-c3nc(-c4cccc(-c5ccccc5)c4)nc(-c4cccc5c4c4cc(-c6cccc7c6oc6ccccc67)ccc4n5-c4ccccc4)n3)c2)cc1. The van der Waals surface area contributed by atoms with Crippen molar-refractivity contribution in [2.45, 2.75) is 0 Å². The Morgan fingerprint density at radius 1 is 0.323 bits per heavy atom. The molecule has 0 aliphatic carbocycles. The quantitative estimate of drug-likeness (QED) is 0.161. The van der Waals surface area contributed by atoms with Gasteiger partial charge in [0.05, 0.1) is 11.0 Å². The van der Waals surface area contributed by atoms with Crippen molar-refractivity contribution in [1.29, 1.82) is 0 Å². The van der Waals surface area contributed by atoms with Gasteiger partial charge in [-0.3, -0.25) is 0 Å². The molecule has 12 aromatic rings. The van der Waals surface area contributed by atoms with Crippen molar-refractivity contribution in [2.24, 2.45) is 0 Å². The molecule has 0 saturated heterocycles. The zero-order valence-electron chi connectivity index (χ0n) is 33.5. The Labute approximate surface area is 357 Å². The number of hydrogen-bond acceptors (Lipinski definition) is 4. The van der Waals surface area contributed by atoms with Crippen LogP contribution in [0.1, 0.15) is 0 Å². The number of hydrogen-bond donors (Lipinski definition) is 0. The van der Waals surface area contributed by atoms with E-state index in [4.69, 9.17) is 19.4 Å². The topological polar surface area (TPSA) is 56.7 Å². The summed E-state index contributed by atoms with van der Waals surface area (Å²) in [6.07, 6.45) is 0. The summed E-state index contributed by atoms with van der Waals surface area (Å²) in [5.41, 5.74) is 14.3. The van der Waals surface area contributed by atoms with Crippen molar-refractivity contribution in [3.05, 3.63) is 218 Å². The molecule has 0 radical (unpaired) electrons. The van der Waals surface area contributed by atoms with Crippen LogP contribution >= 0.6 is 0 Å². The van der Waals surface area contributed by atoms with E-state index in [0.29, 0.717) is 17.5 Å². The van der Waals surface area contributed by atoms with E-state index >= 15 is 0 Å². The summed E-state index contributed by atoms with van der Waals surface area (Å²) >= 11 is 0. The lowest BCUT2D eigenvalue weighted by atomic mass is 9.99. The molecule has 0 N–H and O–H groups in total. The summed E-state index contributed by atoms with van der Waals surface area (Å²) in [5, 5.41) is 4.36. The molecule has 3 heterocycles. The molecule has 0 amide bonds. The van der Waals surface area contributed by atoms with Crippen LogP contribution in [0.3, 0.4) is 0 Å². The molecule has 0 aliphatic rings. The number of nitrogens with zero attached hydrogens (tertiary/aromatic N) is 4. The van der Waals surface area contributed by atoms with Crippen molar-refractivity contribution in [3.63, 3.8) is 0 Å². The van der Waals surface area contributed by atoms with E-state index in [9.17, 15) is 0 Å². The summed E-state index contributed by atoms with van der Waals surface area (Å²) in [5.74, 6) is 1.81. The van der Waals surface area contributed by atoms with Gasteiger partial charge in [-0.15, -0.1) is 0 Å². The molecule has 0 unspecified atom stereocenters. The van der Waals surface area contributed by atoms with Crippen LogP contribution in [0.2, 0.25) is 0 Å². The predicted octanol–water partition coefficient (Wildman–Crippen LogP) is 14.9. The fourth-order valence-corrected chi connectivity index (χ4v) is 8.95. The van der Waals surface area contributed by atoms with Crippen LogP contribution in [0, 0.1) is 0 Å². The maximum atomic E-state index is 6.56. The normalized spacial score (nSPS) is 11.5. The Kier molecular flexibility index (Phi) is 8.42. The van der Waals surface area contributed by atoms with Gasteiger partial charge in [0.25, 0.3) is 0 Å². The van der Waals surface area contributed by atoms with Crippen LogP contribution in [0.15, 0.2) is 223 Å². The van der Waals surface area contributed by atoms with Gasteiger partial charge in [-0.1, -0.05) is 170 Å². The highest BCUT2D eigenvalue weighted by Gasteiger charge is 2.22. The lowest BCUT2D eigenvalue weighted by molar-refractivity contribution is 0.670. The van der Waals surface area contributed by atoms with Gasteiger partial charge in [-0.05, 0) is 76.3 Å². The van der Waals surface area contributed by atoms with Crippen molar-refractivity contribution in [1.82, 2.24) is 19.5 Å². The molecule has 0 spiro atoms. The molecule has 0 aliphatic heterocycles. The van der Waals surface area contributed by atoms with Crippen LogP contribution in [-0.2, 0) is 0 Å². The minimum Gasteiger partial charge on any atom is -0.455 e. The molecule has 5 nitrogen and oxygen atoms in total. The molecule has 0 fully saturated rings. The van der Waals surface area contributed by atoms with Gasteiger partial charge in [0.15, 0.2) is 17.5 Å². The number of benzene rings is 9. The predicted molar refractivity (Wildman–Crippen MR) is 254 cm³/mol. The number of para-hydroxylation sites is 3. The first-order chi connectivity index (χ1) is 30.7. The molecule has 290 valence electrons. The maximum absolute atomic E-state index is 6.56. The molecule has 0 atom stereocenters. The second-order valence-corrected chi connectivity index (χ2v) is 15.6. The Morgan fingerprint density at radius 3 is 1.55 bits per heavy atom. The summed E-state index contributed by atoms with van der Waals surface area (Å²) in [4.78, 5) is 15.9. The summed E-state index contributed by atoms with van der Waals surface area (Å²) in [6, 6.07) is 76.2. The Morgan fingerprint density at radius 2 is 0.855 bits per heavy atom. The van der Waals surface area contributed by atoms with Crippen molar-refractivity contribution >= 4 is 43.7 Å². The lowest BCUT2D eigenvalue weighted by Crippen LogP contribution is -2.01. The van der Waals surface area contributed by atoms with Crippen LogP contribution in [0.4, 0.5) is 0 Å². The highest BCUT2D eigenvalue weighted by Crippen LogP contribution is 2.42. The van der Waals surface area contributed by atoms with Gasteiger partial charge in [0.2, 0.25) is 0 Å². The van der Waals surface area contributed by atoms with E-state index in [1.165, 1.54) is 0 Å². The first-order valence-electron chi connectivity index (χ1n) is 20.8. The Bertz CT molecular complexity index is 3530. The number of fused-ring (bicyclic) bond motifs is 6. The first kappa shape index (κ1) is 35.5.